The summed E-state index contributed by atoms with van der Waals surface area (Å²) in [7, 11) is 2.42. The minimum absolute atomic E-state index is 0.204. The zero-order valence-corrected chi connectivity index (χ0v) is 16.2. The lowest BCUT2D eigenvalue weighted by Crippen LogP contribution is -2.46. The zero-order chi connectivity index (χ0) is 15.1. The maximum atomic E-state index is 5.99. The molecule has 0 unspecified atom stereocenters. The summed E-state index contributed by atoms with van der Waals surface area (Å²) < 4.78 is 17.2. The Morgan fingerprint density at radius 1 is 1.11 bits per heavy atom. The molecule has 4 nitrogen and oxygen atoms in total. The Hall–Kier alpha value is 0.274. The quantitative estimate of drug-likeness (QED) is 0.612. The fraction of sp³-hybridized carbons (Fsp3) is 1.00. The van der Waals surface area contributed by atoms with Gasteiger partial charge in [0.05, 0.1) is 8.80 Å². The second-order valence-electron chi connectivity index (χ2n) is 6.49. The molecule has 0 saturated carbocycles. The normalized spacial score (nSPS) is 13.6. The van der Waals surface area contributed by atoms with Gasteiger partial charge in [-0.2, -0.15) is 0 Å². The van der Waals surface area contributed by atoms with Crippen molar-refractivity contribution < 1.29 is 13.3 Å². The van der Waals surface area contributed by atoms with E-state index in [2.05, 4.69) is 45.8 Å². The van der Waals surface area contributed by atoms with Crippen molar-refractivity contribution >= 4 is 17.6 Å². The number of rotatable bonds is 9. The summed E-state index contributed by atoms with van der Waals surface area (Å²) in [6.45, 7) is 12.3. The summed E-state index contributed by atoms with van der Waals surface area (Å²) in [6.07, 6.45) is 1.88. The van der Waals surface area contributed by atoms with Gasteiger partial charge in [-0.15, -0.1) is 0 Å². The Balaban J connectivity index is 4.28. The van der Waals surface area contributed by atoms with Crippen LogP contribution in [0.5, 0.6) is 0 Å². The van der Waals surface area contributed by atoms with Crippen LogP contribution in [-0.2, 0) is 13.3 Å². The molecule has 0 saturated heterocycles. The van der Waals surface area contributed by atoms with Crippen molar-refractivity contribution in [3.8, 4) is 0 Å². The maximum absolute atomic E-state index is 5.99. The van der Waals surface area contributed by atoms with Crippen LogP contribution in [0.25, 0.3) is 0 Å². The predicted molar refractivity (Wildman–Crippen MR) is 86.4 cm³/mol. The lowest BCUT2D eigenvalue weighted by atomic mass is 10.1. The molecular weight excluding hydrogens is 274 g/mol. The van der Waals surface area contributed by atoms with Crippen LogP contribution >= 0.6 is 0 Å². The van der Waals surface area contributed by atoms with E-state index >= 15 is 0 Å². The first kappa shape index (κ1) is 19.3. The second-order valence-corrected chi connectivity index (χ2v) is 12.6. The summed E-state index contributed by atoms with van der Waals surface area (Å²) in [4.78, 5) is 2.36. The van der Waals surface area contributed by atoms with Crippen molar-refractivity contribution in [3.05, 3.63) is 0 Å². The highest BCUT2D eigenvalue weighted by Crippen LogP contribution is 2.18. The van der Waals surface area contributed by atoms with Crippen molar-refractivity contribution in [2.45, 2.75) is 51.9 Å². The van der Waals surface area contributed by atoms with Crippen molar-refractivity contribution in [1.82, 2.24) is 4.90 Å². The summed E-state index contributed by atoms with van der Waals surface area (Å²) in [6, 6.07) is 0.890. The molecule has 0 atom stereocenters. The van der Waals surface area contributed by atoms with Gasteiger partial charge in [0.25, 0.3) is 0 Å². The van der Waals surface area contributed by atoms with Gasteiger partial charge in [-0.3, -0.25) is 0 Å². The fourth-order valence-corrected chi connectivity index (χ4v) is 5.53. The molecule has 0 heterocycles. The molecule has 0 spiro atoms. The summed E-state index contributed by atoms with van der Waals surface area (Å²) >= 11 is 0. The highest BCUT2D eigenvalue weighted by atomic mass is 28.4. The van der Waals surface area contributed by atoms with E-state index in [0.29, 0.717) is 0 Å². The van der Waals surface area contributed by atoms with E-state index in [1.165, 1.54) is 0 Å². The first-order chi connectivity index (χ1) is 8.67. The second kappa shape index (κ2) is 8.54. The molecule has 6 heteroatoms. The van der Waals surface area contributed by atoms with Gasteiger partial charge in [0.15, 0.2) is 0 Å². The molecule has 0 aliphatic rings. The molecule has 0 amide bonds. The molecule has 0 aromatic carbocycles. The van der Waals surface area contributed by atoms with Crippen LogP contribution < -0.4 is 0 Å². The smallest absolute Gasteiger partial charge is 0.377 e. The van der Waals surface area contributed by atoms with Gasteiger partial charge in [-0.05, 0) is 40.8 Å². The molecule has 0 N–H and O–H groups in total. The summed E-state index contributed by atoms with van der Waals surface area (Å²) in [5.74, 6) is 0. The van der Waals surface area contributed by atoms with Gasteiger partial charge in [-0.25, -0.2) is 0 Å². The third-order valence-corrected chi connectivity index (χ3v) is 7.36. The van der Waals surface area contributed by atoms with Crippen LogP contribution in [0.3, 0.4) is 0 Å². The molecule has 0 aliphatic carbocycles. The van der Waals surface area contributed by atoms with E-state index in [9.17, 15) is 0 Å². The molecule has 0 rings (SSSR count). The van der Waals surface area contributed by atoms with Crippen molar-refractivity contribution in [1.29, 1.82) is 0 Å². The minimum atomic E-state index is -2.42. The molecule has 0 aromatic rings. The Kier molecular flexibility index (Phi) is 8.66. The molecule has 19 heavy (non-hydrogen) atoms. The minimum Gasteiger partial charge on any atom is -0.377 e. The standard InChI is InChI=1S/C13H33NO3Si2/c1-13(2,3)14(4)10-9-11-19(15-5,16-6)17-12-18(7)8/h18H,9-12H2,1-8H3. The van der Waals surface area contributed by atoms with Gasteiger partial charge in [-0.1, -0.05) is 13.1 Å². The van der Waals surface area contributed by atoms with Gasteiger partial charge < -0.3 is 18.2 Å². The number of nitrogens with zero attached hydrogens (tertiary/aromatic N) is 1. The van der Waals surface area contributed by atoms with Crippen molar-refractivity contribution in [2.24, 2.45) is 0 Å². The Bertz CT molecular complexity index is 241. The fourth-order valence-electron chi connectivity index (χ4n) is 1.64. The van der Waals surface area contributed by atoms with E-state index < -0.39 is 17.6 Å². The average Bonchev–Trinajstić information content (AvgIpc) is 2.32. The zero-order valence-electron chi connectivity index (χ0n) is 14.1. The van der Waals surface area contributed by atoms with Crippen LogP contribution in [0, 0.1) is 0 Å². The van der Waals surface area contributed by atoms with Crippen LogP contribution in [0.2, 0.25) is 19.1 Å². The Morgan fingerprint density at radius 3 is 2.00 bits per heavy atom. The van der Waals surface area contributed by atoms with Crippen LogP contribution in [0.1, 0.15) is 27.2 Å². The summed E-state index contributed by atoms with van der Waals surface area (Å²) in [5, 5.41) is 0. The maximum Gasteiger partial charge on any atom is 0.500 e. The topological polar surface area (TPSA) is 30.9 Å². The molecule has 0 bridgehead atoms. The van der Waals surface area contributed by atoms with E-state index in [4.69, 9.17) is 13.3 Å². The number of hydrogen-bond acceptors (Lipinski definition) is 4. The molecule has 0 radical (unpaired) electrons. The van der Waals surface area contributed by atoms with Crippen molar-refractivity contribution in [3.63, 3.8) is 0 Å². The van der Waals surface area contributed by atoms with Gasteiger partial charge >= 0.3 is 8.80 Å². The molecule has 116 valence electrons. The first-order valence-electron chi connectivity index (χ1n) is 7.12. The third kappa shape index (κ3) is 7.58. The molecule has 0 fully saturated rings. The largest absolute Gasteiger partial charge is 0.500 e. The van der Waals surface area contributed by atoms with E-state index in [1.54, 1.807) is 14.2 Å². The average molecular weight is 308 g/mol. The van der Waals surface area contributed by atoms with Crippen molar-refractivity contribution in [2.75, 3.05) is 34.0 Å². The SMILES string of the molecule is CO[Si](CCCN(C)C(C)(C)C)(OC)OC[SiH](C)C. The molecule has 0 aromatic heterocycles. The monoisotopic (exact) mass is 307 g/mol. The highest BCUT2D eigenvalue weighted by molar-refractivity contribution is 6.63. The Morgan fingerprint density at radius 2 is 1.63 bits per heavy atom. The lowest BCUT2D eigenvalue weighted by Gasteiger charge is -2.33. The Labute approximate surface area is 122 Å². The lowest BCUT2D eigenvalue weighted by molar-refractivity contribution is 0.110. The van der Waals surface area contributed by atoms with Crippen LogP contribution in [0.4, 0.5) is 0 Å². The third-order valence-electron chi connectivity index (χ3n) is 3.38. The van der Waals surface area contributed by atoms with Gasteiger partial charge in [0.2, 0.25) is 0 Å². The molecule has 0 aliphatic heterocycles. The van der Waals surface area contributed by atoms with Crippen LogP contribution in [-0.4, -0.2) is 62.1 Å². The number of hydrogen-bond donors (Lipinski definition) is 0. The summed E-state index contributed by atoms with van der Waals surface area (Å²) in [5.41, 5.74) is 0.204. The first-order valence-corrected chi connectivity index (χ1v) is 12.2. The van der Waals surface area contributed by atoms with Gasteiger partial charge in [0, 0.05) is 32.0 Å². The van der Waals surface area contributed by atoms with E-state index in [0.717, 1.165) is 25.2 Å². The molecular formula is C13H33NO3Si2. The highest BCUT2D eigenvalue weighted by Gasteiger charge is 2.38. The van der Waals surface area contributed by atoms with Crippen LogP contribution in [0.15, 0.2) is 0 Å². The van der Waals surface area contributed by atoms with E-state index in [1.807, 2.05) is 0 Å². The predicted octanol–water partition coefficient (Wildman–Crippen LogP) is 2.38. The van der Waals surface area contributed by atoms with Gasteiger partial charge in [0.1, 0.15) is 0 Å². The van der Waals surface area contributed by atoms with E-state index in [-0.39, 0.29) is 5.54 Å².